The Kier molecular flexibility index (Phi) is 173000. The van der Waals surface area contributed by atoms with Crippen molar-refractivity contribution in [3.63, 3.8) is 0 Å². The first-order valence-corrected chi connectivity index (χ1v) is 1.65. The van der Waals surface area contributed by atoms with E-state index in [1.807, 2.05) is 13.3 Å². The molecule has 1 N–H and O–H groups in total. The first-order valence-electron chi connectivity index (χ1n) is 1.65. The van der Waals surface area contributed by atoms with Gasteiger partial charge in [-0.2, -0.15) is 6.92 Å². The van der Waals surface area contributed by atoms with Crippen LogP contribution in [-0.2, 0) is 0 Å². The first kappa shape index (κ1) is 48600. The van der Waals surface area contributed by atoms with Crippen LogP contribution in [0.1, 0.15) is 13.3 Å². The molecule has 1 nitrogen and oxygen atoms in total. The fraction of sp³-hybridized carbons (Fsp3) is 0.500. The van der Waals surface area contributed by atoms with E-state index in [1.165, 1.54) is 0 Å². The third-order valence-electron chi connectivity index (χ3n) is 0.341. The molecular weight excluding hydrogens is 1130 g/mol. The number of rotatable bonds is 2. The summed E-state index contributed by atoms with van der Waals surface area (Å²) in [7, 11) is 0. The fourth-order valence-corrected chi connectivity index (χ4v) is 0.105. The van der Waals surface area contributed by atoms with Gasteiger partial charge in [0.05, 0.1) is 0 Å². The number of aliphatic hydroxyl groups excluding tert-OH is 1. The van der Waals surface area contributed by atoms with Gasteiger partial charge in [0.15, 0.2) is 0 Å². The fourth-order valence-electron chi connectivity index (χ4n) is 0.105. The molecule has 0 fully saturated rings. The smallest absolute Gasteiger partial charge is 0 e. The number of hydrogen-bond acceptors (Lipinski definition) is 1. The number of aliphatic hydroxyl groups is 1. The Morgan fingerprint density at radius 3 is 1.44 bits per heavy atom. The van der Waals surface area contributed by atoms with Crippen LogP contribution in [-0.4, -0.2) is 5.11 Å². The number of hydrogen-bond donors (Lipinski definition) is 1. The number of unbranched alkanes of at least 4 members (excludes halogenated alkanes) is 1. The van der Waals surface area contributed by atoms with Crippen LogP contribution in [0.5, 0.6) is 0 Å². The minimum Gasteiger partial charge on any atom is -0.568 e. The van der Waals surface area contributed by atoms with Crippen molar-refractivity contribution in [1.29, 1.82) is 0 Å². The third kappa shape index (κ3) is 3.66. The van der Waals surface area contributed by atoms with E-state index in [0.717, 1.165) is 6.61 Å². The van der Waals surface area contributed by atoms with Crippen LogP contribution in [0.4, 0.5) is 0 Å². The maximum Gasteiger partial charge on any atom is 0 e. The van der Waals surface area contributed by atoms with Crippen molar-refractivity contribution < 1.29 is 5.11 Å². The second-order valence-electron chi connectivity index (χ2n) is 0.827. The first-order chi connectivity index (χ1) is 2.41. The van der Waals surface area contributed by atoms with Gasteiger partial charge in [0.1, 0.15) is 0 Å². The van der Waals surface area contributed by atoms with Gasteiger partial charge in [0.25, 0.3) is 0 Å². The molecule has 0 spiro atoms. The van der Waals surface area contributed by atoms with Crippen LogP contribution in [0.2, 0.25) is 0 Å². The summed E-state index contributed by atoms with van der Waals surface area (Å²) >= 11 is 0. The molecule has 0 saturated carbocycles. The van der Waals surface area contributed by atoms with Crippen molar-refractivity contribution in [2.75, 3.05) is 0 Å². The van der Waals surface area contributed by atoms with Crippen molar-refractivity contribution in [3.8, 4) is 0 Å². The third-order valence-corrected chi connectivity index (χ3v) is 0.341. The van der Waals surface area contributed by atoms with Crippen LogP contribution in [0.15, 0.2) is 0 Å². The normalized spacial score (nSPS) is 4.67. The molecule has 0 aliphatic carbocycles. The Labute approximate surface area is 32.6 Å². The van der Waals surface area contributed by atoms with E-state index in [0.29, 0.717) is 6.42 Å². The van der Waals surface area contributed by atoms with Crippen LogP contribution < -0.4 is 0 Å². The van der Waals surface area contributed by atoms with Gasteiger partial charge in [-0.1, -0.05) is 0 Å². The molecule has 0 rings (SSSR count). The molecule has 0 amide bonds. The molecule has 0 aliphatic rings. The van der Waals surface area contributed by atoms with Gasteiger partial charge in [-0.15, -0.1) is 0 Å². The Hall–Kier alpha value is -4.04. The van der Waals surface area contributed by atoms with E-state index >= 15 is 0 Å². The van der Waals surface area contributed by atoms with E-state index < -0.39 is 0 Å². The zero-order chi connectivity index (χ0) is 4.12. The molecule has 0 aromatic heterocycles. The summed E-state index contributed by atoms with van der Waals surface area (Å²) in [6.07, 6.45) is 2.57. The topological polar surface area (TPSA) is 20.2 Å². The maximum absolute atomic E-state index is 7.91. The van der Waals surface area contributed by atoms with E-state index in [9.17, 15) is 0 Å². The van der Waals surface area contributed by atoms with Crippen LogP contribution in [0.25, 0.3) is 0 Å². The summed E-state index contributed by atoms with van der Waals surface area (Å²) in [6.45, 7) is 3.02. The van der Waals surface area contributed by atoms with Gasteiger partial charge < -0.3 is 11.5 Å². The second kappa shape index (κ2) is 32.1. The molecule has 0 aromatic carbocycles. The second-order valence-corrected chi connectivity index (χ2v) is 0.827. The Balaban J connectivity index is -0.0000000133. The molecule has 0 atom stereocenters. The van der Waals surface area contributed by atoms with Crippen LogP contribution in [0, 0.1) is 13.0 Å². The molecule has 0 aliphatic heterocycles. The summed E-state index contributed by atoms with van der Waals surface area (Å²) in [5, 5.41) is 7.91. The predicted molar refractivity (Wildman–Crippen MR) is 20.8 cm³/mol. The molecule has 0 unspecified atom stereocenters. The van der Waals surface area contributed by atoms with E-state index in [4.69, 9.17) is 5.11 Å². The summed E-state index contributed by atoms with van der Waals surface area (Å²) in [5.74, 6) is 0. The molecule has 40 valence electrons. The average Bonchev–Trinajstić information content (AvgIpc) is 1.41. The van der Waals surface area contributed by atoms with E-state index in [2.05, 4.69) is 0 Å². The summed E-state index contributed by atoms with van der Waals surface area (Å²) in [6, 6.07) is 0. The maximum atomic E-state index is 7.91. The summed E-state index contributed by atoms with van der Waals surface area (Å²) < 4.78 is 0. The van der Waals surface area contributed by atoms with E-state index in [-0.39, 0.29) is 0 Å². The predicted octanol–water partition coefficient (Wildman–Crippen LogP) is 1.13. The standard InChI is InChI=1S/C4H8O.4Rf/c1-2-3-4-5;;;;/h2,4-5H,3H2,1H3;;;;/q-2;;;;. The molecule has 0 saturated heterocycles. The van der Waals surface area contributed by atoms with Gasteiger partial charge in [-0.3, -0.25) is 6.42 Å². The largest absolute Gasteiger partial charge is 0.568 e. The van der Waals surface area contributed by atoms with Gasteiger partial charge >= 0.3 is 0 Å². The molecule has 9 heavy (non-hydrogen) atoms. The van der Waals surface area contributed by atoms with Crippen molar-refractivity contribution >= 4 is 0 Å². The quantitative estimate of drug-likeness (QED) is 0.413. The molecule has 0 heterocycles. The molecule has 0 radical (unpaired) electrons. The Morgan fingerprint density at radius 2 is 1.44 bits per heavy atom. The Morgan fingerprint density at radius 1 is 1.11 bits per heavy atom. The molecule has 0 aromatic rings. The summed E-state index contributed by atoms with van der Waals surface area (Å²) in [5.41, 5.74) is 0. The molecular formula is C4H8ORf4-2. The SMILES string of the molecule is C[CH-]C[CH-]O.[Rf].[Rf].[Rf].[Rf]. The van der Waals surface area contributed by atoms with Crippen LogP contribution >= 0.6 is 0 Å². The van der Waals surface area contributed by atoms with Crippen molar-refractivity contribution in [2.45, 2.75) is 13.3 Å². The minimum atomic E-state index is 0. The van der Waals surface area contributed by atoms with Crippen LogP contribution in [0.3, 0.4) is 0 Å². The monoisotopic (exact) mass is 1140 g/mol. The van der Waals surface area contributed by atoms with Gasteiger partial charge in [-0.05, 0) is 0 Å². The zero-order valence-electron chi connectivity index (χ0n) is 6.14. The van der Waals surface area contributed by atoms with Gasteiger partial charge in [0.2, 0.25) is 0 Å². The Bertz CT molecular complexity index is 20.0. The average molecular weight is 1140 g/mol. The zero-order valence-corrected chi connectivity index (χ0v) is 31.7. The minimum absolute atomic E-state index is 0. The van der Waals surface area contributed by atoms with E-state index in [1.54, 1.807) is 0 Å². The van der Waals surface area contributed by atoms with Crippen molar-refractivity contribution in [2.24, 2.45) is 0 Å². The van der Waals surface area contributed by atoms with Gasteiger partial charge in [0, 0.05) is 0 Å². The molecule has 5 heteroatoms. The van der Waals surface area contributed by atoms with Crippen molar-refractivity contribution in [1.82, 2.24) is 0 Å². The van der Waals surface area contributed by atoms with Gasteiger partial charge in [-0.25, -0.2) is 6.61 Å². The van der Waals surface area contributed by atoms with Crippen molar-refractivity contribution in [3.05, 3.63) is 13.0 Å². The summed E-state index contributed by atoms with van der Waals surface area (Å²) in [4.78, 5) is 0. The molecule has 0 bridgehead atoms.